The van der Waals surface area contributed by atoms with Crippen molar-refractivity contribution in [1.29, 1.82) is 5.26 Å². The third-order valence-corrected chi connectivity index (χ3v) is 3.69. The Labute approximate surface area is 120 Å². The topological polar surface area (TPSA) is 70.0 Å². The van der Waals surface area contributed by atoms with E-state index in [0.29, 0.717) is 10.6 Å². The maximum absolute atomic E-state index is 12.1. The van der Waals surface area contributed by atoms with Gasteiger partial charge in [-0.15, -0.1) is 11.3 Å². The Morgan fingerprint density at radius 1 is 1.20 bits per heavy atom. The molecule has 0 aliphatic heterocycles. The SMILES string of the molecule is Cc1ccc(C(=O)C(C#N)C(=O)Nc2ccccc2)s1. The van der Waals surface area contributed by atoms with E-state index < -0.39 is 17.6 Å². The number of carbonyl (C=O) groups is 2. The van der Waals surface area contributed by atoms with Crippen LogP contribution in [0.25, 0.3) is 0 Å². The van der Waals surface area contributed by atoms with E-state index in [4.69, 9.17) is 5.26 Å². The van der Waals surface area contributed by atoms with E-state index >= 15 is 0 Å². The number of amides is 1. The number of thiophene rings is 1. The number of para-hydroxylation sites is 1. The normalized spacial score (nSPS) is 11.4. The standard InChI is InChI=1S/C15H12N2O2S/c1-10-7-8-13(20-10)14(18)12(9-16)15(19)17-11-5-3-2-4-6-11/h2-8,12H,1H3,(H,17,19). The van der Waals surface area contributed by atoms with Gasteiger partial charge in [0.15, 0.2) is 11.7 Å². The van der Waals surface area contributed by atoms with Crippen LogP contribution in [-0.4, -0.2) is 11.7 Å². The molecule has 0 saturated carbocycles. The van der Waals surface area contributed by atoms with Crippen molar-refractivity contribution >= 4 is 28.7 Å². The third-order valence-electron chi connectivity index (χ3n) is 2.68. The highest BCUT2D eigenvalue weighted by atomic mass is 32.1. The van der Waals surface area contributed by atoms with Gasteiger partial charge in [-0.25, -0.2) is 0 Å². The van der Waals surface area contributed by atoms with Crippen molar-refractivity contribution in [2.24, 2.45) is 5.92 Å². The Kier molecular flexibility index (Phi) is 4.28. The summed E-state index contributed by atoms with van der Waals surface area (Å²) in [5.74, 6) is -2.39. The van der Waals surface area contributed by atoms with Crippen LogP contribution in [0.5, 0.6) is 0 Å². The minimum absolute atomic E-state index is 0.428. The number of benzene rings is 1. The highest BCUT2D eigenvalue weighted by molar-refractivity contribution is 7.14. The van der Waals surface area contributed by atoms with Gasteiger partial charge in [-0.3, -0.25) is 9.59 Å². The van der Waals surface area contributed by atoms with Gasteiger partial charge in [0.2, 0.25) is 5.91 Å². The summed E-state index contributed by atoms with van der Waals surface area (Å²) in [4.78, 5) is 25.6. The number of carbonyl (C=O) groups excluding carboxylic acids is 2. The highest BCUT2D eigenvalue weighted by Crippen LogP contribution is 2.20. The molecule has 5 heteroatoms. The van der Waals surface area contributed by atoms with Crippen LogP contribution in [0, 0.1) is 24.2 Å². The van der Waals surface area contributed by atoms with Crippen LogP contribution in [0.4, 0.5) is 5.69 Å². The summed E-state index contributed by atoms with van der Waals surface area (Å²) in [6, 6.07) is 14.0. The van der Waals surface area contributed by atoms with Gasteiger partial charge in [-0.1, -0.05) is 18.2 Å². The van der Waals surface area contributed by atoms with Gasteiger partial charge in [0.1, 0.15) is 0 Å². The van der Waals surface area contributed by atoms with Gasteiger partial charge >= 0.3 is 0 Å². The monoisotopic (exact) mass is 284 g/mol. The Bertz CT molecular complexity index is 671. The molecular formula is C15H12N2O2S. The van der Waals surface area contributed by atoms with Gasteiger partial charge in [0.25, 0.3) is 0 Å². The molecule has 2 aromatic rings. The van der Waals surface area contributed by atoms with E-state index in [1.807, 2.05) is 13.0 Å². The molecule has 0 spiro atoms. The lowest BCUT2D eigenvalue weighted by atomic mass is 10.0. The number of anilines is 1. The van der Waals surface area contributed by atoms with Crippen LogP contribution in [0.1, 0.15) is 14.5 Å². The molecule has 1 unspecified atom stereocenters. The van der Waals surface area contributed by atoms with Gasteiger partial charge in [0.05, 0.1) is 10.9 Å². The second-order valence-corrected chi connectivity index (χ2v) is 5.48. The minimum atomic E-state index is -1.33. The van der Waals surface area contributed by atoms with Crippen molar-refractivity contribution in [2.75, 3.05) is 5.32 Å². The molecule has 1 amide bonds. The van der Waals surface area contributed by atoms with Crippen molar-refractivity contribution in [2.45, 2.75) is 6.92 Å². The van der Waals surface area contributed by atoms with Crippen molar-refractivity contribution < 1.29 is 9.59 Å². The smallest absolute Gasteiger partial charge is 0.249 e. The fourth-order valence-corrected chi connectivity index (χ4v) is 2.52. The maximum Gasteiger partial charge on any atom is 0.249 e. The van der Waals surface area contributed by atoms with E-state index in [1.165, 1.54) is 11.3 Å². The predicted molar refractivity (Wildman–Crippen MR) is 77.6 cm³/mol. The molecule has 1 aromatic carbocycles. The maximum atomic E-state index is 12.1. The van der Waals surface area contributed by atoms with Gasteiger partial charge < -0.3 is 5.32 Å². The number of ketones is 1. The lowest BCUT2D eigenvalue weighted by Crippen LogP contribution is -2.28. The molecule has 0 bridgehead atoms. The third kappa shape index (κ3) is 3.11. The Hall–Kier alpha value is -2.45. The van der Waals surface area contributed by atoms with Crippen molar-refractivity contribution in [1.82, 2.24) is 0 Å². The number of rotatable bonds is 4. The Morgan fingerprint density at radius 3 is 2.45 bits per heavy atom. The Balaban J connectivity index is 2.14. The molecule has 1 heterocycles. The molecule has 0 aliphatic carbocycles. The molecule has 4 nitrogen and oxygen atoms in total. The number of hydrogen-bond donors (Lipinski definition) is 1. The van der Waals surface area contributed by atoms with Gasteiger partial charge in [0, 0.05) is 10.6 Å². The van der Waals surface area contributed by atoms with Gasteiger partial charge in [-0.2, -0.15) is 5.26 Å². The van der Waals surface area contributed by atoms with Crippen molar-refractivity contribution in [3.8, 4) is 6.07 Å². The van der Waals surface area contributed by atoms with E-state index in [1.54, 1.807) is 42.5 Å². The van der Waals surface area contributed by atoms with Crippen LogP contribution in [0.15, 0.2) is 42.5 Å². The molecule has 2 rings (SSSR count). The number of nitrogens with one attached hydrogen (secondary N) is 1. The zero-order valence-corrected chi connectivity index (χ0v) is 11.6. The lowest BCUT2D eigenvalue weighted by Gasteiger charge is -2.08. The number of hydrogen-bond acceptors (Lipinski definition) is 4. The Morgan fingerprint density at radius 2 is 1.90 bits per heavy atom. The first-order valence-electron chi connectivity index (χ1n) is 5.98. The summed E-state index contributed by atoms with van der Waals surface area (Å²) in [5.41, 5.74) is 0.563. The predicted octanol–water partition coefficient (Wildman–Crippen LogP) is 3.02. The number of nitriles is 1. The molecule has 0 fully saturated rings. The first-order chi connectivity index (χ1) is 9.61. The molecular weight excluding hydrogens is 272 g/mol. The van der Waals surface area contributed by atoms with Crippen LogP contribution in [0.3, 0.4) is 0 Å². The molecule has 20 heavy (non-hydrogen) atoms. The highest BCUT2D eigenvalue weighted by Gasteiger charge is 2.28. The molecule has 100 valence electrons. The average Bonchev–Trinajstić information content (AvgIpc) is 2.87. The summed E-state index contributed by atoms with van der Waals surface area (Å²) >= 11 is 1.28. The fraction of sp³-hybridized carbons (Fsp3) is 0.133. The van der Waals surface area contributed by atoms with Crippen LogP contribution >= 0.6 is 11.3 Å². The van der Waals surface area contributed by atoms with Crippen molar-refractivity contribution in [3.63, 3.8) is 0 Å². The second-order valence-electron chi connectivity index (χ2n) is 4.19. The fourth-order valence-electron chi connectivity index (χ4n) is 1.68. The van der Waals surface area contributed by atoms with Crippen LogP contribution in [-0.2, 0) is 4.79 Å². The summed E-state index contributed by atoms with van der Waals surface area (Å²) in [6.07, 6.45) is 0. The molecule has 0 aliphatic rings. The first kappa shape index (κ1) is 14.0. The number of Topliss-reactive ketones (excluding diaryl/α,β-unsaturated/α-hetero) is 1. The molecule has 1 N–H and O–H groups in total. The van der Waals surface area contributed by atoms with Crippen molar-refractivity contribution in [3.05, 3.63) is 52.2 Å². The number of nitrogens with zero attached hydrogens (tertiary/aromatic N) is 1. The summed E-state index contributed by atoms with van der Waals surface area (Å²) < 4.78 is 0. The molecule has 1 aromatic heterocycles. The molecule has 0 saturated heterocycles. The summed E-state index contributed by atoms with van der Waals surface area (Å²) in [5, 5.41) is 11.7. The first-order valence-corrected chi connectivity index (χ1v) is 6.79. The van der Waals surface area contributed by atoms with Crippen LogP contribution in [0.2, 0.25) is 0 Å². The summed E-state index contributed by atoms with van der Waals surface area (Å²) in [7, 11) is 0. The zero-order chi connectivity index (χ0) is 14.5. The quantitative estimate of drug-likeness (QED) is 0.693. The van der Waals surface area contributed by atoms with Gasteiger partial charge in [-0.05, 0) is 31.2 Å². The molecule has 1 atom stereocenters. The van der Waals surface area contributed by atoms with Crippen LogP contribution < -0.4 is 5.32 Å². The zero-order valence-electron chi connectivity index (χ0n) is 10.8. The number of aryl methyl sites for hydroxylation is 1. The van der Waals surface area contributed by atoms with E-state index in [2.05, 4.69) is 5.32 Å². The minimum Gasteiger partial charge on any atom is -0.325 e. The summed E-state index contributed by atoms with van der Waals surface area (Å²) in [6.45, 7) is 1.87. The second kappa shape index (κ2) is 6.13. The van der Waals surface area contributed by atoms with E-state index in [9.17, 15) is 9.59 Å². The largest absolute Gasteiger partial charge is 0.325 e. The lowest BCUT2D eigenvalue weighted by molar-refractivity contribution is -0.117. The van der Waals surface area contributed by atoms with E-state index in [-0.39, 0.29) is 0 Å². The molecule has 0 radical (unpaired) electrons. The van der Waals surface area contributed by atoms with E-state index in [0.717, 1.165) is 4.88 Å². The average molecular weight is 284 g/mol.